The zero-order chi connectivity index (χ0) is 14.5. The number of ether oxygens (including phenoxy) is 1. The molecule has 0 saturated carbocycles. The lowest BCUT2D eigenvalue weighted by Gasteiger charge is -2.28. The number of hydrogen-bond acceptors (Lipinski definition) is 4. The second-order valence-electron chi connectivity index (χ2n) is 6.26. The number of nitrogens with two attached hydrogens (primary N) is 1. The molecule has 0 aliphatic heterocycles. The molecule has 0 heterocycles. The first kappa shape index (κ1) is 15.8. The van der Waals surface area contributed by atoms with Crippen molar-refractivity contribution in [2.24, 2.45) is 5.41 Å². The van der Waals surface area contributed by atoms with E-state index in [1.807, 2.05) is 19.2 Å². The molecule has 0 amide bonds. The first-order valence-corrected chi connectivity index (χ1v) is 6.62. The van der Waals surface area contributed by atoms with Crippen molar-refractivity contribution in [3.8, 4) is 5.75 Å². The summed E-state index contributed by atoms with van der Waals surface area (Å²) < 4.78 is 5.53. The highest BCUT2D eigenvalue weighted by Crippen LogP contribution is 2.20. The Balaban J connectivity index is 2.36. The summed E-state index contributed by atoms with van der Waals surface area (Å²) in [6, 6.07) is 7.31. The minimum absolute atomic E-state index is 0.221. The Morgan fingerprint density at radius 1 is 1.32 bits per heavy atom. The maximum atomic E-state index is 9.96. The Bertz CT molecular complexity index is 388. The summed E-state index contributed by atoms with van der Waals surface area (Å²) in [6.07, 6.45) is -0.521. The zero-order valence-corrected chi connectivity index (χ0v) is 12.4. The van der Waals surface area contributed by atoms with Crippen LogP contribution in [0.15, 0.2) is 24.3 Å². The molecule has 0 radical (unpaired) electrons. The number of hydrogen-bond donors (Lipinski definition) is 2. The molecular weight excluding hydrogens is 240 g/mol. The van der Waals surface area contributed by atoms with Gasteiger partial charge in [0.1, 0.15) is 18.5 Å². The van der Waals surface area contributed by atoms with E-state index in [-0.39, 0.29) is 12.0 Å². The van der Waals surface area contributed by atoms with E-state index < -0.39 is 6.10 Å². The van der Waals surface area contributed by atoms with Gasteiger partial charge in [0.15, 0.2) is 0 Å². The van der Waals surface area contributed by atoms with Crippen molar-refractivity contribution in [2.75, 3.05) is 32.5 Å². The van der Waals surface area contributed by atoms with E-state index >= 15 is 0 Å². The number of benzene rings is 1. The largest absolute Gasteiger partial charge is 0.489 e. The van der Waals surface area contributed by atoms with Crippen molar-refractivity contribution in [1.82, 2.24) is 4.90 Å². The number of aliphatic hydroxyl groups is 1. The second kappa shape index (κ2) is 6.78. The molecule has 0 aromatic heterocycles. The van der Waals surface area contributed by atoms with E-state index in [0.717, 1.165) is 6.54 Å². The summed E-state index contributed by atoms with van der Waals surface area (Å²) in [4.78, 5) is 2.11. The van der Waals surface area contributed by atoms with E-state index in [1.54, 1.807) is 12.1 Å². The lowest BCUT2D eigenvalue weighted by Crippen LogP contribution is -2.37. The average Bonchev–Trinajstić information content (AvgIpc) is 2.25. The van der Waals surface area contributed by atoms with E-state index in [1.165, 1.54) is 0 Å². The molecule has 1 aromatic rings. The minimum Gasteiger partial charge on any atom is -0.489 e. The van der Waals surface area contributed by atoms with Gasteiger partial charge in [0, 0.05) is 13.1 Å². The quantitative estimate of drug-likeness (QED) is 0.773. The Kier molecular flexibility index (Phi) is 5.63. The summed E-state index contributed by atoms with van der Waals surface area (Å²) in [5.41, 5.74) is 6.59. The second-order valence-corrected chi connectivity index (χ2v) is 6.26. The third-order valence-electron chi connectivity index (χ3n) is 2.62. The number of likely N-dealkylation sites (N-methyl/N-ethyl adjacent to an activating group) is 1. The summed E-state index contributed by atoms with van der Waals surface area (Å²) in [7, 11) is 2.01. The summed E-state index contributed by atoms with van der Waals surface area (Å²) in [5.74, 6) is 0.625. The third-order valence-corrected chi connectivity index (χ3v) is 2.62. The highest BCUT2D eigenvalue weighted by molar-refractivity contribution is 5.51. The highest BCUT2D eigenvalue weighted by atomic mass is 16.5. The molecule has 0 saturated heterocycles. The molecular formula is C15H26N2O2. The molecule has 0 fully saturated rings. The van der Waals surface area contributed by atoms with Crippen LogP contribution in [0, 0.1) is 5.41 Å². The van der Waals surface area contributed by atoms with Gasteiger partial charge in [0.2, 0.25) is 0 Å². The third kappa shape index (κ3) is 6.45. The molecule has 4 nitrogen and oxygen atoms in total. The van der Waals surface area contributed by atoms with Gasteiger partial charge in [-0.25, -0.2) is 0 Å². The van der Waals surface area contributed by atoms with Gasteiger partial charge in [-0.2, -0.15) is 0 Å². The molecule has 1 rings (SSSR count). The number of para-hydroxylation sites is 2. The van der Waals surface area contributed by atoms with Gasteiger partial charge in [-0.15, -0.1) is 0 Å². The predicted molar refractivity (Wildman–Crippen MR) is 79.3 cm³/mol. The molecule has 0 spiro atoms. The first-order chi connectivity index (χ1) is 8.78. The molecule has 19 heavy (non-hydrogen) atoms. The normalized spacial score (nSPS) is 13.6. The lowest BCUT2D eigenvalue weighted by atomic mass is 9.96. The maximum Gasteiger partial charge on any atom is 0.142 e. The number of nitrogen functional groups attached to an aromatic ring is 1. The highest BCUT2D eigenvalue weighted by Gasteiger charge is 2.16. The Hall–Kier alpha value is -1.26. The van der Waals surface area contributed by atoms with E-state index in [2.05, 4.69) is 25.7 Å². The minimum atomic E-state index is -0.521. The number of rotatable bonds is 6. The van der Waals surface area contributed by atoms with Crippen LogP contribution >= 0.6 is 0 Å². The summed E-state index contributed by atoms with van der Waals surface area (Å²) in [6.45, 7) is 8.30. The van der Waals surface area contributed by atoms with Gasteiger partial charge in [-0.05, 0) is 24.6 Å². The fourth-order valence-electron chi connectivity index (χ4n) is 2.08. The van der Waals surface area contributed by atoms with Crippen LogP contribution in [0.3, 0.4) is 0 Å². The summed E-state index contributed by atoms with van der Waals surface area (Å²) in [5, 5.41) is 9.96. The van der Waals surface area contributed by atoms with Gasteiger partial charge >= 0.3 is 0 Å². The van der Waals surface area contributed by atoms with Crippen LogP contribution in [0.2, 0.25) is 0 Å². The van der Waals surface area contributed by atoms with Crippen LogP contribution in [0.5, 0.6) is 5.75 Å². The Labute approximate surface area is 116 Å². The molecule has 1 unspecified atom stereocenters. The number of anilines is 1. The van der Waals surface area contributed by atoms with Crippen molar-refractivity contribution in [3.05, 3.63) is 24.3 Å². The van der Waals surface area contributed by atoms with E-state index in [0.29, 0.717) is 18.0 Å². The number of aliphatic hydroxyl groups excluding tert-OH is 1. The van der Waals surface area contributed by atoms with Gasteiger partial charge in [0.05, 0.1) is 5.69 Å². The van der Waals surface area contributed by atoms with Gasteiger partial charge in [0.25, 0.3) is 0 Å². The molecule has 1 atom stereocenters. The van der Waals surface area contributed by atoms with Crippen molar-refractivity contribution in [3.63, 3.8) is 0 Å². The van der Waals surface area contributed by atoms with Crippen molar-refractivity contribution in [2.45, 2.75) is 26.9 Å². The average molecular weight is 266 g/mol. The SMILES string of the molecule is CN(CC(O)COc1ccccc1N)CC(C)(C)C. The Morgan fingerprint density at radius 3 is 2.53 bits per heavy atom. The topological polar surface area (TPSA) is 58.7 Å². The molecule has 108 valence electrons. The van der Waals surface area contributed by atoms with E-state index in [4.69, 9.17) is 10.5 Å². The Morgan fingerprint density at radius 2 is 1.95 bits per heavy atom. The van der Waals surface area contributed by atoms with Gasteiger partial charge in [-0.3, -0.25) is 0 Å². The maximum absolute atomic E-state index is 9.96. The van der Waals surface area contributed by atoms with Crippen LogP contribution in [0.25, 0.3) is 0 Å². The van der Waals surface area contributed by atoms with Crippen LogP contribution in [0.1, 0.15) is 20.8 Å². The molecule has 3 N–H and O–H groups in total. The fraction of sp³-hybridized carbons (Fsp3) is 0.600. The first-order valence-electron chi connectivity index (χ1n) is 6.62. The standard InChI is InChI=1S/C15H26N2O2/c1-15(2,3)11-17(4)9-12(18)10-19-14-8-6-5-7-13(14)16/h5-8,12,18H,9-11,16H2,1-4H3. The smallest absolute Gasteiger partial charge is 0.142 e. The fourth-order valence-corrected chi connectivity index (χ4v) is 2.08. The molecule has 0 aliphatic rings. The monoisotopic (exact) mass is 266 g/mol. The molecule has 1 aromatic carbocycles. The van der Waals surface area contributed by atoms with Crippen LogP contribution in [-0.2, 0) is 0 Å². The summed E-state index contributed by atoms with van der Waals surface area (Å²) >= 11 is 0. The number of nitrogens with zero attached hydrogens (tertiary/aromatic N) is 1. The van der Waals surface area contributed by atoms with Crippen LogP contribution in [0.4, 0.5) is 5.69 Å². The van der Waals surface area contributed by atoms with E-state index in [9.17, 15) is 5.11 Å². The molecule has 4 heteroatoms. The van der Waals surface area contributed by atoms with Crippen molar-refractivity contribution >= 4 is 5.69 Å². The van der Waals surface area contributed by atoms with Gasteiger partial charge < -0.3 is 20.5 Å². The van der Waals surface area contributed by atoms with Crippen LogP contribution in [-0.4, -0.2) is 42.9 Å². The van der Waals surface area contributed by atoms with Crippen molar-refractivity contribution in [1.29, 1.82) is 0 Å². The van der Waals surface area contributed by atoms with Crippen molar-refractivity contribution < 1.29 is 9.84 Å². The molecule has 0 bridgehead atoms. The lowest BCUT2D eigenvalue weighted by molar-refractivity contribution is 0.0670. The molecule has 0 aliphatic carbocycles. The van der Waals surface area contributed by atoms with Gasteiger partial charge in [-0.1, -0.05) is 32.9 Å². The predicted octanol–water partition coefficient (Wildman–Crippen LogP) is 1.99. The zero-order valence-electron chi connectivity index (χ0n) is 12.4. The van der Waals surface area contributed by atoms with Crippen LogP contribution < -0.4 is 10.5 Å².